The third-order valence-electron chi connectivity index (χ3n) is 3.96. The first-order valence-corrected chi connectivity index (χ1v) is 8.47. The number of aromatic nitrogens is 2. The van der Waals surface area contributed by atoms with E-state index in [4.69, 9.17) is 9.47 Å². The fourth-order valence-electron chi connectivity index (χ4n) is 2.87. The minimum atomic E-state index is -4.52. The number of carbonyl (C=O) groups is 1. The summed E-state index contributed by atoms with van der Waals surface area (Å²) in [5, 5.41) is 0.224. The Morgan fingerprint density at radius 1 is 1.14 bits per heavy atom. The maximum absolute atomic E-state index is 13.2. The zero-order valence-electron chi connectivity index (χ0n) is 15.8. The first-order chi connectivity index (χ1) is 13.0. The topological polar surface area (TPSA) is 64.2 Å². The number of rotatable bonds is 3. The third kappa shape index (κ3) is 3.81. The summed E-state index contributed by atoms with van der Waals surface area (Å²) in [6.07, 6.45) is -3.03. The van der Waals surface area contributed by atoms with Crippen LogP contribution in [0.3, 0.4) is 0 Å². The number of hydrogen-bond acceptors (Lipinski definition) is 4. The van der Waals surface area contributed by atoms with E-state index < -0.39 is 23.3 Å². The maximum Gasteiger partial charge on any atom is 0.416 e. The number of hydrogen-bond donors (Lipinski definition) is 1. The maximum atomic E-state index is 13.2. The first kappa shape index (κ1) is 19.7. The van der Waals surface area contributed by atoms with Crippen LogP contribution in [0.2, 0.25) is 0 Å². The number of aromatic amines is 1. The van der Waals surface area contributed by atoms with E-state index in [-0.39, 0.29) is 22.5 Å². The summed E-state index contributed by atoms with van der Waals surface area (Å²) < 4.78 is 50.4. The molecule has 2 heterocycles. The summed E-state index contributed by atoms with van der Waals surface area (Å²) >= 11 is 0. The number of ether oxygens (including phenoxy) is 2. The van der Waals surface area contributed by atoms with E-state index in [0.717, 1.165) is 12.1 Å². The van der Waals surface area contributed by atoms with Gasteiger partial charge in [0.05, 0.1) is 12.7 Å². The van der Waals surface area contributed by atoms with Gasteiger partial charge in [0, 0.05) is 28.2 Å². The molecule has 1 N–H and O–H groups in total. The van der Waals surface area contributed by atoms with Crippen LogP contribution in [-0.4, -0.2) is 28.6 Å². The number of methoxy groups -OCH3 is 1. The van der Waals surface area contributed by atoms with Crippen molar-refractivity contribution in [2.24, 2.45) is 0 Å². The number of nitrogens with one attached hydrogen (secondary N) is 1. The Morgan fingerprint density at radius 3 is 2.46 bits per heavy atom. The monoisotopic (exact) mass is 392 g/mol. The smallest absolute Gasteiger partial charge is 0.416 e. The molecule has 8 heteroatoms. The number of esters is 1. The van der Waals surface area contributed by atoms with Gasteiger partial charge in [-0.25, -0.2) is 9.78 Å². The summed E-state index contributed by atoms with van der Waals surface area (Å²) in [7, 11) is 1.40. The standard InChI is InChI=1S/C20H19F3N2O3/c1-19(2,3)28-18(26)16-15(12-6-5-9-24-17(12)27-4)13-10-11(20(21,22)23)7-8-14(13)25-16/h5-10,25H,1-4H3. The molecule has 0 atom stereocenters. The van der Waals surface area contributed by atoms with E-state index in [0.29, 0.717) is 11.1 Å². The average molecular weight is 392 g/mol. The van der Waals surface area contributed by atoms with Gasteiger partial charge < -0.3 is 14.5 Å². The molecule has 3 rings (SSSR count). The fraction of sp³-hybridized carbons (Fsp3) is 0.300. The van der Waals surface area contributed by atoms with Gasteiger partial charge in [0.25, 0.3) is 0 Å². The molecule has 0 amide bonds. The molecular formula is C20H19F3N2O3. The van der Waals surface area contributed by atoms with Crippen molar-refractivity contribution < 1.29 is 27.4 Å². The minimum Gasteiger partial charge on any atom is -0.481 e. The van der Waals surface area contributed by atoms with Crippen molar-refractivity contribution in [2.45, 2.75) is 32.5 Å². The summed E-state index contributed by atoms with van der Waals surface area (Å²) in [6, 6.07) is 6.49. The molecule has 148 valence electrons. The molecule has 0 fully saturated rings. The van der Waals surface area contributed by atoms with E-state index in [1.807, 2.05) is 0 Å². The van der Waals surface area contributed by atoms with Gasteiger partial charge in [0.2, 0.25) is 5.88 Å². The third-order valence-corrected chi connectivity index (χ3v) is 3.96. The van der Waals surface area contributed by atoms with Crippen molar-refractivity contribution in [3.05, 3.63) is 47.8 Å². The van der Waals surface area contributed by atoms with Crippen molar-refractivity contribution >= 4 is 16.9 Å². The van der Waals surface area contributed by atoms with Crippen LogP contribution in [0.25, 0.3) is 22.0 Å². The zero-order chi connectivity index (χ0) is 20.7. The predicted molar refractivity (Wildman–Crippen MR) is 98.3 cm³/mol. The second-order valence-corrected chi connectivity index (χ2v) is 7.20. The highest BCUT2D eigenvalue weighted by Crippen LogP contribution is 2.40. The van der Waals surface area contributed by atoms with E-state index in [1.54, 1.807) is 32.9 Å². The molecule has 0 saturated carbocycles. The van der Waals surface area contributed by atoms with Crippen LogP contribution >= 0.6 is 0 Å². The molecule has 0 radical (unpaired) electrons. The number of pyridine rings is 1. The number of alkyl halides is 3. The van der Waals surface area contributed by atoms with Crippen molar-refractivity contribution in [3.63, 3.8) is 0 Å². The lowest BCUT2D eigenvalue weighted by atomic mass is 10.0. The van der Waals surface area contributed by atoms with Crippen LogP contribution in [0.5, 0.6) is 5.88 Å². The highest BCUT2D eigenvalue weighted by atomic mass is 19.4. The highest BCUT2D eigenvalue weighted by molar-refractivity contribution is 6.09. The van der Waals surface area contributed by atoms with Gasteiger partial charge in [-0.05, 0) is 51.1 Å². The summed E-state index contributed by atoms with van der Waals surface area (Å²) in [5.41, 5.74) is -0.553. The number of H-pyrrole nitrogens is 1. The lowest BCUT2D eigenvalue weighted by Crippen LogP contribution is -2.24. The van der Waals surface area contributed by atoms with Crippen molar-refractivity contribution in [1.82, 2.24) is 9.97 Å². The summed E-state index contributed by atoms with van der Waals surface area (Å²) in [6.45, 7) is 5.12. The van der Waals surface area contributed by atoms with Crippen molar-refractivity contribution in [2.75, 3.05) is 7.11 Å². The van der Waals surface area contributed by atoms with Crippen molar-refractivity contribution in [3.8, 4) is 17.0 Å². The van der Waals surface area contributed by atoms with Gasteiger partial charge in [-0.3, -0.25) is 0 Å². The van der Waals surface area contributed by atoms with Gasteiger partial charge in [-0.2, -0.15) is 13.2 Å². The largest absolute Gasteiger partial charge is 0.481 e. The molecule has 0 aliphatic rings. The molecule has 5 nitrogen and oxygen atoms in total. The Bertz CT molecular complexity index is 1030. The van der Waals surface area contributed by atoms with Crippen molar-refractivity contribution in [1.29, 1.82) is 0 Å². The second-order valence-electron chi connectivity index (χ2n) is 7.20. The van der Waals surface area contributed by atoms with Crippen LogP contribution in [-0.2, 0) is 10.9 Å². The second kappa shape index (κ2) is 6.85. The quantitative estimate of drug-likeness (QED) is 0.622. The molecule has 2 aromatic heterocycles. The minimum absolute atomic E-state index is 0.0375. The van der Waals surface area contributed by atoms with E-state index in [9.17, 15) is 18.0 Å². The molecule has 0 unspecified atom stereocenters. The molecular weight excluding hydrogens is 373 g/mol. The number of fused-ring (bicyclic) bond motifs is 1. The van der Waals surface area contributed by atoms with Crippen LogP contribution in [0.15, 0.2) is 36.5 Å². The molecule has 0 saturated heterocycles. The number of benzene rings is 1. The molecule has 0 aliphatic carbocycles. The molecule has 0 bridgehead atoms. The van der Waals surface area contributed by atoms with Gasteiger partial charge in [0.1, 0.15) is 11.3 Å². The zero-order valence-corrected chi connectivity index (χ0v) is 15.8. The Morgan fingerprint density at radius 2 is 1.86 bits per heavy atom. The van der Waals surface area contributed by atoms with Crippen LogP contribution in [0, 0.1) is 0 Å². The lowest BCUT2D eigenvalue weighted by molar-refractivity contribution is -0.137. The molecule has 28 heavy (non-hydrogen) atoms. The number of carbonyl (C=O) groups excluding carboxylic acids is 1. The Balaban J connectivity index is 2.32. The fourth-order valence-corrected chi connectivity index (χ4v) is 2.87. The highest BCUT2D eigenvalue weighted by Gasteiger charge is 2.32. The molecule has 3 aromatic rings. The average Bonchev–Trinajstić information content (AvgIpc) is 2.98. The van der Waals surface area contributed by atoms with Crippen LogP contribution in [0.4, 0.5) is 13.2 Å². The molecule has 0 aliphatic heterocycles. The van der Waals surface area contributed by atoms with E-state index >= 15 is 0 Å². The lowest BCUT2D eigenvalue weighted by Gasteiger charge is -2.19. The SMILES string of the molecule is COc1ncccc1-c1c(C(=O)OC(C)(C)C)[nH]c2ccc(C(F)(F)F)cc12. The summed E-state index contributed by atoms with van der Waals surface area (Å²) in [5.74, 6) is -0.496. The van der Waals surface area contributed by atoms with Crippen LogP contribution < -0.4 is 4.74 Å². The number of nitrogens with zero attached hydrogens (tertiary/aromatic N) is 1. The predicted octanol–water partition coefficient (Wildman–Crippen LogP) is 5.21. The van der Waals surface area contributed by atoms with Gasteiger partial charge >= 0.3 is 12.1 Å². The van der Waals surface area contributed by atoms with Gasteiger partial charge in [-0.1, -0.05) is 0 Å². The number of halogens is 3. The Hall–Kier alpha value is -3.03. The molecule has 0 spiro atoms. The Kier molecular flexibility index (Phi) is 4.82. The summed E-state index contributed by atoms with van der Waals surface area (Å²) in [4.78, 5) is 19.8. The van der Waals surface area contributed by atoms with Crippen LogP contribution in [0.1, 0.15) is 36.8 Å². The first-order valence-electron chi connectivity index (χ1n) is 8.47. The normalized spacial score (nSPS) is 12.2. The Labute approximate surface area is 159 Å². The molecule has 1 aromatic carbocycles. The van der Waals surface area contributed by atoms with E-state index in [1.165, 1.54) is 19.4 Å². The van der Waals surface area contributed by atoms with Gasteiger partial charge in [-0.15, -0.1) is 0 Å². The van der Waals surface area contributed by atoms with E-state index in [2.05, 4.69) is 9.97 Å². The van der Waals surface area contributed by atoms with Gasteiger partial charge in [0.15, 0.2) is 0 Å².